The van der Waals surface area contributed by atoms with E-state index in [0.717, 1.165) is 6.42 Å². The molecule has 0 saturated heterocycles. The Balaban J connectivity index is 1.80. The summed E-state index contributed by atoms with van der Waals surface area (Å²) in [5.41, 5.74) is -2.08. The van der Waals surface area contributed by atoms with Crippen LogP contribution in [0.25, 0.3) is 0 Å². The lowest BCUT2D eigenvalue weighted by molar-refractivity contribution is -0.162. The van der Waals surface area contributed by atoms with Crippen LogP contribution >= 0.6 is 0 Å². The van der Waals surface area contributed by atoms with Crippen LogP contribution in [0, 0.1) is 11.8 Å². The second kappa shape index (κ2) is 5.14. The molecule has 2 fully saturated rings. The topological polar surface area (TPSA) is 78.4 Å². The Kier molecular flexibility index (Phi) is 3.84. The van der Waals surface area contributed by atoms with Gasteiger partial charge in [-0.2, -0.15) is 13.2 Å². The highest BCUT2D eigenvalue weighted by Gasteiger charge is 2.64. The molecule has 2 amide bonds. The van der Waals surface area contributed by atoms with Crippen molar-refractivity contribution in [2.24, 2.45) is 11.8 Å². The standard InChI is InChI=1S/C12H17F3N2O3/c13-12(14,15)11(4-5-11)17-10(20)16-6-7-2-1-3-8(7)9(18)19/h7-8H,1-6H2,(H,18,19)(H2,16,17,20). The maximum Gasteiger partial charge on any atom is 0.411 e. The molecule has 3 N–H and O–H groups in total. The third kappa shape index (κ3) is 2.99. The van der Waals surface area contributed by atoms with Crippen molar-refractivity contribution in [2.45, 2.75) is 43.8 Å². The number of halogens is 3. The number of urea groups is 1. The van der Waals surface area contributed by atoms with Gasteiger partial charge in [-0.05, 0) is 31.6 Å². The number of hydrogen-bond acceptors (Lipinski definition) is 2. The molecule has 114 valence electrons. The molecule has 0 aromatic heterocycles. The molecular weight excluding hydrogens is 277 g/mol. The van der Waals surface area contributed by atoms with E-state index < -0.39 is 29.6 Å². The van der Waals surface area contributed by atoms with Crippen molar-refractivity contribution in [3.8, 4) is 0 Å². The van der Waals surface area contributed by atoms with Crippen LogP contribution in [0.4, 0.5) is 18.0 Å². The molecule has 2 rings (SSSR count). The van der Waals surface area contributed by atoms with Crippen molar-refractivity contribution in [2.75, 3.05) is 6.54 Å². The van der Waals surface area contributed by atoms with Crippen molar-refractivity contribution < 1.29 is 27.9 Å². The number of carboxylic acids is 1. The second-order valence-corrected chi connectivity index (χ2v) is 5.55. The van der Waals surface area contributed by atoms with Gasteiger partial charge in [0.1, 0.15) is 5.54 Å². The summed E-state index contributed by atoms with van der Waals surface area (Å²) in [4.78, 5) is 22.5. The second-order valence-electron chi connectivity index (χ2n) is 5.55. The number of amides is 2. The molecule has 5 nitrogen and oxygen atoms in total. The van der Waals surface area contributed by atoms with Gasteiger partial charge < -0.3 is 15.7 Å². The molecule has 0 bridgehead atoms. The lowest BCUT2D eigenvalue weighted by Crippen LogP contribution is -2.52. The van der Waals surface area contributed by atoms with Gasteiger partial charge >= 0.3 is 18.2 Å². The fraction of sp³-hybridized carbons (Fsp3) is 0.833. The minimum Gasteiger partial charge on any atom is -0.481 e. The Morgan fingerprint density at radius 1 is 1.25 bits per heavy atom. The lowest BCUT2D eigenvalue weighted by atomic mass is 9.96. The van der Waals surface area contributed by atoms with Crippen LogP contribution in [0.3, 0.4) is 0 Å². The molecule has 0 aromatic rings. The fourth-order valence-electron chi connectivity index (χ4n) is 2.70. The highest BCUT2D eigenvalue weighted by Crippen LogP contribution is 2.48. The molecule has 20 heavy (non-hydrogen) atoms. The molecule has 0 spiro atoms. The van der Waals surface area contributed by atoms with Crippen LogP contribution in [0.5, 0.6) is 0 Å². The zero-order valence-electron chi connectivity index (χ0n) is 10.8. The van der Waals surface area contributed by atoms with Gasteiger partial charge in [0.05, 0.1) is 5.92 Å². The van der Waals surface area contributed by atoms with E-state index in [1.54, 1.807) is 0 Å². The Morgan fingerprint density at radius 3 is 2.40 bits per heavy atom. The van der Waals surface area contributed by atoms with Gasteiger partial charge in [-0.15, -0.1) is 0 Å². The van der Waals surface area contributed by atoms with Crippen molar-refractivity contribution in [3.63, 3.8) is 0 Å². The first-order valence-electron chi connectivity index (χ1n) is 6.61. The molecule has 0 aliphatic heterocycles. The number of alkyl halides is 3. The van der Waals surface area contributed by atoms with Gasteiger partial charge in [0.25, 0.3) is 0 Å². The molecular formula is C12H17F3N2O3. The Labute approximate surface area is 113 Å². The molecule has 2 aliphatic rings. The number of carbonyl (C=O) groups excluding carboxylic acids is 1. The van der Waals surface area contributed by atoms with Gasteiger partial charge in [-0.3, -0.25) is 4.79 Å². The number of nitrogens with one attached hydrogen (secondary N) is 2. The summed E-state index contributed by atoms with van der Waals surface area (Å²) in [5.74, 6) is -1.64. The summed E-state index contributed by atoms with van der Waals surface area (Å²) >= 11 is 0. The van der Waals surface area contributed by atoms with E-state index in [1.807, 2.05) is 5.32 Å². The van der Waals surface area contributed by atoms with E-state index >= 15 is 0 Å². The highest BCUT2D eigenvalue weighted by atomic mass is 19.4. The maximum absolute atomic E-state index is 12.6. The largest absolute Gasteiger partial charge is 0.481 e. The molecule has 2 aliphatic carbocycles. The number of carboxylic acid groups (broad SMARTS) is 1. The fourth-order valence-corrected chi connectivity index (χ4v) is 2.70. The SMILES string of the molecule is O=C(NCC1CCCC1C(=O)O)NC1(C(F)(F)F)CC1. The first-order chi connectivity index (χ1) is 9.25. The minimum absolute atomic E-state index is 0.0940. The van der Waals surface area contributed by atoms with E-state index in [-0.39, 0.29) is 25.3 Å². The highest BCUT2D eigenvalue weighted by molar-refractivity contribution is 5.76. The molecule has 0 radical (unpaired) electrons. The van der Waals surface area contributed by atoms with Gasteiger partial charge in [-0.1, -0.05) is 6.42 Å². The Bertz CT molecular complexity index is 407. The van der Waals surface area contributed by atoms with Crippen LogP contribution < -0.4 is 10.6 Å². The first kappa shape index (κ1) is 14.9. The predicted molar refractivity (Wildman–Crippen MR) is 63.0 cm³/mol. The smallest absolute Gasteiger partial charge is 0.411 e. The molecule has 2 atom stereocenters. The van der Waals surface area contributed by atoms with Gasteiger partial charge in [0.15, 0.2) is 0 Å². The maximum atomic E-state index is 12.6. The summed E-state index contributed by atoms with van der Waals surface area (Å²) in [6, 6.07) is -0.879. The van der Waals surface area contributed by atoms with Crippen molar-refractivity contribution in [3.05, 3.63) is 0 Å². The zero-order valence-corrected chi connectivity index (χ0v) is 10.8. The van der Waals surface area contributed by atoms with E-state index in [2.05, 4.69) is 5.32 Å². The molecule has 8 heteroatoms. The third-order valence-electron chi connectivity index (χ3n) is 4.15. The quantitative estimate of drug-likeness (QED) is 0.741. The zero-order chi connectivity index (χ0) is 15.0. The summed E-state index contributed by atoms with van der Waals surface area (Å²) < 4.78 is 37.9. The van der Waals surface area contributed by atoms with Gasteiger partial charge in [0.2, 0.25) is 0 Å². The molecule has 2 unspecified atom stereocenters. The summed E-state index contributed by atoms with van der Waals surface area (Å²) in [5, 5.41) is 13.3. The van der Waals surface area contributed by atoms with Crippen LogP contribution in [0.1, 0.15) is 32.1 Å². The number of carbonyl (C=O) groups is 2. The molecule has 0 aromatic carbocycles. The van der Waals surface area contributed by atoms with E-state index in [4.69, 9.17) is 5.11 Å². The normalized spacial score (nSPS) is 27.9. The Hall–Kier alpha value is -1.47. The number of aliphatic carboxylic acids is 1. The van der Waals surface area contributed by atoms with Crippen LogP contribution in [-0.4, -0.2) is 35.4 Å². The van der Waals surface area contributed by atoms with Crippen LogP contribution in [0.2, 0.25) is 0 Å². The average Bonchev–Trinajstić information content (AvgIpc) is 2.96. The van der Waals surface area contributed by atoms with Crippen LogP contribution in [-0.2, 0) is 4.79 Å². The number of hydrogen-bond donors (Lipinski definition) is 3. The molecule has 2 saturated carbocycles. The average molecular weight is 294 g/mol. The lowest BCUT2D eigenvalue weighted by Gasteiger charge is -2.22. The molecule has 0 heterocycles. The third-order valence-corrected chi connectivity index (χ3v) is 4.15. The van der Waals surface area contributed by atoms with Crippen molar-refractivity contribution in [1.29, 1.82) is 0 Å². The first-order valence-corrected chi connectivity index (χ1v) is 6.61. The summed E-state index contributed by atoms with van der Waals surface area (Å²) in [7, 11) is 0. The minimum atomic E-state index is -4.44. The predicted octanol–water partition coefficient (Wildman–Crippen LogP) is 1.88. The van der Waals surface area contributed by atoms with Gasteiger partial charge in [-0.25, -0.2) is 4.79 Å². The monoisotopic (exact) mass is 294 g/mol. The Morgan fingerprint density at radius 2 is 1.90 bits per heavy atom. The van der Waals surface area contributed by atoms with Crippen molar-refractivity contribution in [1.82, 2.24) is 10.6 Å². The van der Waals surface area contributed by atoms with E-state index in [9.17, 15) is 22.8 Å². The number of rotatable bonds is 4. The van der Waals surface area contributed by atoms with E-state index in [1.165, 1.54) is 0 Å². The van der Waals surface area contributed by atoms with Crippen molar-refractivity contribution >= 4 is 12.0 Å². The summed E-state index contributed by atoms with van der Waals surface area (Å²) in [6.07, 6.45) is -2.67. The van der Waals surface area contributed by atoms with E-state index in [0.29, 0.717) is 12.8 Å². The van der Waals surface area contributed by atoms with Crippen LogP contribution in [0.15, 0.2) is 0 Å². The van der Waals surface area contributed by atoms with Gasteiger partial charge in [0, 0.05) is 6.54 Å². The summed E-state index contributed by atoms with van der Waals surface area (Å²) in [6.45, 7) is 0.0940.